The molecule has 1 aromatic heterocycles. The largest absolute Gasteiger partial charge is 0.489 e. The van der Waals surface area contributed by atoms with Gasteiger partial charge in [0.25, 0.3) is 0 Å². The molecule has 8 nitrogen and oxygen atoms in total. The standard InChI is InChI=1S/C19H27ClN6O2/c1-14(2)24(3)12-18-21-22-23-26(18)13-19(27)25-10-8-15(9-11-25)28-17-7-5-4-6-16(17)20/h4-7,14-15H,8-13H2,1-3H3. The molecule has 0 N–H and O–H groups in total. The summed E-state index contributed by atoms with van der Waals surface area (Å²) in [4.78, 5) is 16.7. The molecule has 1 aliphatic rings. The number of carbonyl (C=O) groups is 1. The maximum atomic E-state index is 12.7. The normalized spacial score (nSPS) is 15.4. The Labute approximate surface area is 170 Å². The van der Waals surface area contributed by atoms with Gasteiger partial charge < -0.3 is 9.64 Å². The van der Waals surface area contributed by atoms with Crippen LogP contribution in [0.2, 0.25) is 5.02 Å². The lowest BCUT2D eigenvalue weighted by molar-refractivity contribution is -0.133. The Balaban J connectivity index is 1.51. The smallest absolute Gasteiger partial charge is 0.244 e. The van der Waals surface area contributed by atoms with E-state index in [2.05, 4.69) is 34.3 Å². The van der Waals surface area contributed by atoms with Gasteiger partial charge in [-0.25, -0.2) is 4.68 Å². The van der Waals surface area contributed by atoms with Crippen LogP contribution in [0.1, 0.15) is 32.5 Å². The minimum atomic E-state index is 0.0249. The first-order valence-corrected chi connectivity index (χ1v) is 9.96. The number of piperidine rings is 1. The number of carbonyl (C=O) groups excluding carboxylic acids is 1. The Morgan fingerprint density at radius 2 is 2.04 bits per heavy atom. The molecule has 1 amide bonds. The van der Waals surface area contributed by atoms with Gasteiger partial charge in [0.2, 0.25) is 5.91 Å². The van der Waals surface area contributed by atoms with Crippen molar-refractivity contribution in [2.45, 2.75) is 51.9 Å². The van der Waals surface area contributed by atoms with Gasteiger partial charge in [-0.05, 0) is 43.5 Å². The topological polar surface area (TPSA) is 76.4 Å². The van der Waals surface area contributed by atoms with Crippen molar-refractivity contribution >= 4 is 17.5 Å². The lowest BCUT2D eigenvalue weighted by Gasteiger charge is -2.32. The summed E-state index contributed by atoms with van der Waals surface area (Å²) in [6.07, 6.45) is 1.61. The number of nitrogens with zero attached hydrogens (tertiary/aromatic N) is 6. The summed E-state index contributed by atoms with van der Waals surface area (Å²) in [7, 11) is 2.01. The second-order valence-corrected chi connectivity index (χ2v) is 7.80. The number of hydrogen-bond acceptors (Lipinski definition) is 6. The van der Waals surface area contributed by atoms with Crippen molar-refractivity contribution in [2.75, 3.05) is 20.1 Å². The number of tetrazole rings is 1. The van der Waals surface area contributed by atoms with E-state index in [1.165, 1.54) is 0 Å². The van der Waals surface area contributed by atoms with Crippen LogP contribution in [-0.4, -0.2) is 68.2 Å². The predicted octanol–water partition coefficient (Wildman–Crippen LogP) is 2.24. The highest BCUT2D eigenvalue weighted by Crippen LogP contribution is 2.26. The highest BCUT2D eigenvalue weighted by Gasteiger charge is 2.25. The number of likely N-dealkylation sites (tertiary alicyclic amines) is 1. The fraction of sp³-hybridized carbons (Fsp3) is 0.579. The highest BCUT2D eigenvalue weighted by atomic mass is 35.5. The molecular weight excluding hydrogens is 380 g/mol. The van der Waals surface area contributed by atoms with Crippen LogP contribution < -0.4 is 4.74 Å². The van der Waals surface area contributed by atoms with Gasteiger partial charge in [0.05, 0.1) is 11.6 Å². The van der Waals surface area contributed by atoms with E-state index in [-0.39, 0.29) is 18.6 Å². The summed E-state index contributed by atoms with van der Waals surface area (Å²) in [5.41, 5.74) is 0. The second-order valence-electron chi connectivity index (χ2n) is 7.39. The van der Waals surface area contributed by atoms with E-state index < -0.39 is 0 Å². The Bertz CT molecular complexity index is 788. The molecule has 2 heterocycles. The van der Waals surface area contributed by atoms with Crippen LogP contribution in [0.15, 0.2) is 24.3 Å². The number of aromatic nitrogens is 4. The molecule has 28 heavy (non-hydrogen) atoms. The highest BCUT2D eigenvalue weighted by molar-refractivity contribution is 6.32. The molecule has 0 radical (unpaired) electrons. The molecule has 0 atom stereocenters. The average molecular weight is 407 g/mol. The summed E-state index contributed by atoms with van der Waals surface area (Å²) in [6, 6.07) is 7.84. The second kappa shape index (κ2) is 9.34. The van der Waals surface area contributed by atoms with Crippen LogP contribution in [0.5, 0.6) is 5.75 Å². The lowest BCUT2D eigenvalue weighted by Crippen LogP contribution is -2.43. The van der Waals surface area contributed by atoms with Crippen LogP contribution >= 0.6 is 11.6 Å². The minimum absolute atomic E-state index is 0.0249. The van der Waals surface area contributed by atoms with E-state index in [4.69, 9.17) is 16.3 Å². The third-order valence-corrected chi connectivity index (χ3v) is 5.40. The van der Waals surface area contributed by atoms with Crippen molar-refractivity contribution in [2.24, 2.45) is 0 Å². The number of benzene rings is 1. The maximum absolute atomic E-state index is 12.7. The molecule has 0 unspecified atom stereocenters. The SMILES string of the molecule is CC(C)N(C)Cc1nnnn1CC(=O)N1CCC(Oc2ccccc2Cl)CC1. The summed E-state index contributed by atoms with van der Waals surface area (Å²) < 4.78 is 7.58. The van der Waals surface area contributed by atoms with Gasteiger partial charge in [-0.2, -0.15) is 0 Å². The van der Waals surface area contributed by atoms with Crippen LogP contribution in [0, 0.1) is 0 Å². The van der Waals surface area contributed by atoms with Gasteiger partial charge in [-0.15, -0.1) is 5.10 Å². The number of ether oxygens (including phenoxy) is 1. The zero-order valence-corrected chi connectivity index (χ0v) is 17.3. The summed E-state index contributed by atoms with van der Waals surface area (Å²) in [5.74, 6) is 1.42. The van der Waals surface area contributed by atoms with Crippen molar-refractivity contribution in [3.8, 4) is 5.75 Å². The third-order valence-electron chi connectivity index (χ3n) is 5.09. The van der Waals surface area contributed by atoms with Crippen LogP contribution in [0.4, 0.5) is 0 Å². The van der Waals surface area contributed by atoms with Gasteiger partial charge in [0, 0.05) is 32.0 Å². The molecule has 3 rings (SSSR count). The van der Waals surface area contributed by atoms with E-state index in [0.717, 1.165) is 12.8 Å². The summed E-state index contributed by atoms with van der Waals surface area (Å²) >= 11 is 6.16. The Morgan fingerprint density at radius 3 is 2.71 bits per heavy atom. The van der Waals surface area contributed by atoms with Crippen LogP contribution in [0.3, 0.4) is 0 Å². The van der Waals surface area contributed by atoms with E-state index >= 15 is 0 Å². The van der Waals surface area contributed by atoms with Crippen molar-refractivity contribution < 1.29 is 9.53 Å². The van der Waals surface area contributed by atoms with Crippen LogP contribution in [0.25, 0.3) is 0 Å². The van der Waals surface area contributed by atoms with Crippen LogP contribution in [-0.2, 0) is 17.9 Å². The maximum Gasteiger partial charge on any atom is 0.244 e. The molecule has 0 aliphatic carbocycles. The van der Waals surface area contributed by atoms with Gasteiger partial charge in [0.1, 0.15) is 18.4 Å². The van der Waals surface area contributed by atoms with Crippen molar-refractivity contribution in [3.05, 3.63) is 35.1 Å². The fourth-order valence-electron chi connectivity index (χ4n) is 3.04. The van der Waals surface area contributed by atoms with E-state index in [9.17, 15) is 4.79 Å². The van der Waals surface area contributed by atoms with Gasteiger partial charge in [-0.3, -0.25) is 9.69 Å². The summed E-state index contributed by atoms with van der Waals surface area (Å²) in [5, 5.41) is 12.4. The third kappa shape index (κ3) is 5.20. The van der Waals surface area contributed by atoms with E-state index in [1.807, 2.05) is 36.2 Å². The van der Waals surface area contributed by atoms with Gasteiger partial charge in [0.15, 0.2) is 5.82 Å². The molecule has 1 saturated heterocycles. The molecule has 1 aliphatic heterocycles. The molecule has 0 bridgehead atoms. The number of amides is 1. The quantitative estimate of drug-likeness (QED) is 0.701. The molecule has 2 aromatic rings. The first kappa shape index (κ1) is 20.5. The Hall–Kier alpha value is -2.19. The Kier molecular flexibility index (Phi) is 6.85. The van der Waals surface area contributed by atoms with E-state index in [1.54, 1.807) is 4.68 Å². The number of hydrogen-bond donors (Lipinski definition) is 0. The molecule has 0 saturated carbocycles. The van der Waals surface area contributed by atoms with Gasteiger partial charge in [-0.1, -0.05) is 23.7 Å². The zero-order valence-electron chi connectivity index (χ0n) is 16.6. The molecular formula is C19H27ClN6O2. The zero-order chi connectivity index (χ0) is 20.1. The Morgan fingerprint density at radius 1 is 1.32 bits per heavy atom. The fourth-order valence-corrected chi connectivity index (χ4v) is 3.22. The summed E-state index contributed by atoms with van der Waals surface area (Å²) in [6.45, 7) is 6.27. The van der Waals surface area contributed by atoms with Crippen molar-refractivity contribution in [1.82, 2.24) is 30.0 Å². The van der Waals surface area contributed by atoms with Gasteiger partial charge >= 0.3 is 0 Å². The molecule has 1 fully saturated rings. The van der Waals surface area contributed by atoms with E-state index in [0.29, 0.717) is 42.3 Å². The molecule has 152 valence electrons. The average Bonchev–Trinajstić information content (AvgIpc) is 3.10. The number of rotatable bonds is 7. The van der Waals surface area contributed by atoms with Crippen molar-refractivity contribution in [1.29, 1.82) is 0 Å². The predicted molar refractivity (Wildman–Crippen MR) is 106 cm³/mol. The molecule has 1 aromatic carbocycles. The lowest BCUT2D eigenvalue weighted by atomic mass is 10.1. The molecule has 0 spiro atoms. The first-order chi connectivity index (χ1) is 13.4. The number of halogens is 1. The first-order valence-electron chi connectivity index (χ1n) is 9.58. The monoisotopic (exact) mass is 406 g/mol. The van der Waals surface area contributed by atoms with Crippen molar-refractivity contribution in [3.63, 3.8) is 0 Å². The minimum Gasteiger partial charge on any atom is -0.489 e. The number of para-hydroxylation sites is 1. The molecule has 9 heteroatoms.